The van der Waals surface area contributed by atoms with Crippen molar-refractivity contribution in [3.05, 3.63) is 82.7 Å². The summed E-state index contributed by atoms with van der Waals surface area (Å²) < 4.78 is 59.1. The molecule has 3 rings (SSSR count). The van der Waals surface area contributed by atoms with Gasteiger partial charge in [-0.3, -0.25) is 0 Å². The van der Waals surface area contributed by atoms with E-state index in [1.54, 1.807) is 36.7 Å². The Morgan fingerprint density at radius 2 is 1.63 bits per heavy atom. The average molecular weight is 437 g/mol. The molecule has 8 heteroatoms. The smallest absolute Gasteiger partial charge is 0.419 e. The molecule has 3 aromatic rings. The first-order chi connectivity index (χ1) is 14.3. The quantitative estimate of drug-likeness (QED) is 0.305. The molecule has 0 amide bonds. The van der Waals surface area contributed by atoms with Crippen LogP contribution in [0.25, 0.3) is 17.5 Å². The third kappa shape index (κ3) is 5.57. The van der Waals surface area contributed by atoms with E-state index in [4.69, 9.17) is 11.6 Å². The second kappa shape index (κ2) is 9.26. The van der Waals surface area contributed by atoms with Gasteiger partial charge in [0.05, 0.1) is 0 Å². The van der Waals surface area contributed by atoms with Gasteiger partial charge >= 0.3 is 6.11 Å². The van der Waals surface area contributed by atoms with E-state index in [1.807, 2.05) is 0 Å². The Kier molecular flexibility index (Phi) is 6.72. The molecule has 3 nitrogen and oxygen atoms in total. The first-order valence-electron chi connectivity index (χ1n) is 9.09. The highest BCUT2D eigenvalue weighted by molar-refractivity contribution is 6.30. The topological polar surface area (TPSA) is 35.0 Å². The molecule has 0 aliphatic rings. The molecule has 0 aliphatic heterocycles. The second-order valence-electron chi connectivity index (χ2n) is 6.49. The number of aryl methyl sites for hydroxylation is 1. The molecule has 0 radical (unpaired) electrons. The molecular formula is C22H17ClF4N2O. The molecule has 0 saturated carbocycles. The molecule has 0 N–H and O–H groups in total. The Morgan fingerprint density at radius 1 is 1.03 bits per heavy atom. The molecule has 1 aromatic heterocycles. The molecule has 0 saturated heterocycles. The van der Waals surface area contributed by atoms with E-state index in [0.29, 0.717) is 29.6 Å². The van der Waals surface area contributed by atoms with Gasteiger partial charge in [0.1, 0.15) is 22.4 Å². The van der Waals surface area contributed by atoms with Gasteiger partial charge in [-0.15, -0.1) is 0 Å². The predicted octanol–water partition coefficient (Wildman–Crippen LogP) is 6.71. The summed E-state index contributed by atoms with van der Waals surface area (Å²) in [5.41, 5.74) is 2.26. The van der Waals surface area contributed by atoms with Crippen molar-refractivity contribution in [1.82, 2.24) is 9.97 Å². The molecule has 30 heavy (non-hydrogen) atoms. The van der Waals surface area contributed by atoms with Gasteiger partial charge in [-0.1, -0.05) is 49.2 Å². The van der Waals surface area contributed by atoms with E-state index >= 15 is 0 Å². The molecule has 0 unspecified atom stereocenters. The number of nitrogens with zero attached hydrogens (tertiary/aromatic N) is 2. The van der Waals surface area contributed by atoms with E-state index < -0.39 is 28.5 Å². The monoisotopic (exact) mass is 436 g/mol. The summed E-state index contributed by atoms with van der Waals surface area (Å²) in [6.45, 7) is 2.07. The van der Waals surface area contributed by atoms with E-state index in [0.717, 1.165) is 30.0 Å². The van der Waals surface area contributed by atoms with Crippen LogP contribution in [-0.2, 0) is 6.42 Å². The minimum atomic E-state index is -3.79. The van der Waals surface area contributed by atoms with Crippen LogP contribution in [0.2, 0.25) is 5.02 Å². The van der Waals surface area contributed by atoms with Crippen LogP contribution in [-0.4, -0.2) is 16.1 Å². The maximum absolute atomic E-state index is 14.0. The summed E-state index contributed by atoms with van der Waals surface area (Å²) in [5.74, 6) is -2.52. The largest absolute Gasteiger partial charge is 0.429 e. The van der Waals surface area contributed by atoms with Gasteiger partial charge in [-0.25, -0.2) is 18.7 Å². The summed E-state index contributed by atoms with van der Waals surface area (Å²) in [6.07, 6.45) is 3.26. The lowest BCUT2D eigenvalue weighted by molar-refractivity contribution is -0.131. The highest BCUT2D eigenvalue weighted by Gasteiger charge is 2.28. The number of hydrogen-bond acceptors (Lipinski definition) is 3. The molecule has 0 fully saturated rings. The zero-order valence-electron chi connectivity index (χ0n) is 15.9. The van der Waals surface area contributed by atoms with Crippen molar-refractivity contribution in [3.8, 4) is 17.1 Å². The van der Waals surface area contributed by atoms with Crippen molar-refractivity contribution < 1.29 is 22.3 Å². The highest BCUT2D eigenvalue weighted by atomic mass is 35.5. The van der Waals surface area contributed by atoms with Crippen molar-refractivity contribution in [1.29, 1.82) is 0 Å². The van der Waals surface area contributed by atoms with Crippen molar-refractivity contribution in [2.75, 3.05) is 0 Å². The SMILES string of the molecule is CCCc1cnc(-c2ccc(C=CC(F)(F)Oc3cc(F)c(Cl)c(F)c3)cc2)nc1. The summed E-state index contributed by atoms with van der Waals surface area (Å²) in [5, 5.41) is -0.787. The van der Waals surface area contributed by atoms with Crippen LogP contribution in [0.1, 0.15) is 24.5 Å². The zero-order chi connectivity index (χ0) is 21.7. The van der Waals surface area contributed by atoms with E-state index in [2.05, 4.69) is 21.6 Å². The second-order valence-corrected chi connectivity index (χ2v) is 6.86. The molecule has 2 aromatic carbocycles. The normalized spacial score (nSPS) is 11.8. The molecule has 0 aliphatic carbocycles. The lowest BCUT2D eigenvalue weighted by Crippen LogP contribution is -2.21. The van der Waals surface area contributed by atoms with Gasteiger partial charge < -0.3 is 4.74 Å². The van der Waals surface area contributed by atoms with Crippen LogP contribution in [0.4, 0.5) is 17.6 Å². The molecular weight excluding hydrogens is 420 g/mol. The van der Waals surface area contributed by atoms with Crippen LogP contribution in [0.5, 0.6) is 5.75 Å². The Hall–Kier alpha value is -2.93. The van der Waals surface area contributed by atoms with Gasteiger partial charge in [0.25, 0.3) is 0 Å². The van der Waals surface area contributed by atoms with Crippen LogP contribution in [0.15, 0.2) is 54.9 Å². The number of benzene rings is 2. The Morgan fingerprint density at radius 3 is 2.20 bits per heavy atom. The number of aromatic nitrogens is 2. The average Bonchev–Trinajstić information content (AvgIpc) is 2.71. The summed E-state index contributed by atoms with van der Waals surface area (Å²) in [4.78, 5) is 8.62. The number of alkyl halides is 2. The number of hydrogen-bond donors (Lipinski definition) is 0. The lowest BCUT2D eigenvalue weighted by atomic mass is 10.1. The van der Waals surface area contributed by atoms with E-state index in [9.17, 15) is 17.6 Å². The highest BCUT2D eigenvalue weighted by Crippen LogP contribution is 2.29. The fourth-order valence-corrected chi connectivity index (χ4v) is 2.75. The lowest BCUT2D eigenvalue weighted by Gasteiger charge is -2.14. The standard InChI is InChI=1S/C22H17ClF4N2O/c1-2-3-15-12-28-21(29-13-15)16-6-4-14(5-7-16)8-9-22(26,27)30-17-10-18(24)20(23)19(25)11-17/h4-13H,2-3H2,1H3. The first-order valence-corrected chi connectivity index (χ1v) is 9.47. The van der Waals surface area contributed by atoms with Crippen LogP contribution in [0, 0.1) is 11.6 Å². The van der Waals surface area contributed by atoms with Crippen molar-refractivity contribution in [2.24, 2.45) is 0 Å². The molecule has 0 atom stereocenters. The molecule has 1 heterocycles. The van der Waals surface area contributed by atoms with Gasteiger partial charge in [0.15, 0.2) is 5.82 Å². The van der Waals surface area contributed by atoms with Crippen LogP contribution in [0.3, 0.4) is 0 Å². The third-order valence-corrected chi connectivity index (χ3v) is 4.46. The number of halogens is 5. The van der Waals surface area contributed by atoms with E-state index in [1.165, 1.54) is 0 Å². The van der Waals surface area contributed by atoms with Gasteiger partial charge in [-0.05, 0) is 23.6 Å². The minimum Gasteiger partial charge on any atom is -0.429 e. The van der Waals surface area contributed by atoms with E-state index in [-0.39, 0.29) is 0 Å². The molecule has 0 bridgehead atoms. The van der Waals surface area contributed by atoms with Gasteiger partial charge in [0.2, 0.25) is 0 Å². The zero-order valence-corrected chi connectivity index (χ0v) is 16.6. The first kappa shape index (κ1) is 21.8. The minimum absolute atomic E-state index is 0.470. The van der Waals surface area contributed by atoms with Crippen molar-refractivity contribution >= 4 is 17.7 Å². The Labute approximate surface area is 176 Å². The maximum atomic E-state index is 14.0. The predicted molar refractivity (Wildman–Crippen MR) is 107 cm³/mol. The van der Waals surface area contributed by atoms with Gasteiger partial charge in [0, 0.05) is 36.2 Å². The fraction of sp³-hybridized carbons (Fsp3) is 0.182. The maximum Gasteiger partial charge on any atom is 0.419 e. The van der Waals surface area contributed by atoms with Crippen LogP contribution >= 0.6 is 11.6 Å². The summed E-state index contributed by atoms with van der Waals surface area (Å²) in [7, 11) is 0. The molecule has 0 spiro atoms. The Balaban J connectivity index is 1.69. The molecule has 156 valence electrons. The Bertz CT molecular complexity index is 1020. The number of rotatable bonds is 7. The van der Waals surface area contributed by atoms with Crippen molar-refractivity contribution in [2.45, 2.75) is 25.9 Å². The van der Waals surface area contributed by atoms with Crippen LogP contribution < -0.4 is 4.74 Å². The van der Waals surface area contributed by atoms with Crippen molar-refractivity contribution in [3.63, 3.8) is 0 Å². The summed E-state index contributed by atoms with van der Waals surface area (Å²) in [6, 6.07) is 7.83. The summed E-state index contributed by atoms with van der Waals surface area (Å²) >= 11 is 5.32. The van der Waals surface area contributed by atoms with Gasteiger partial charge in [-0.2, -0.15) is 8.78 Å². The number of ether oxygens (including phenoxy) is 1. The third-order valence-electron chi connectivity index (χ3n) is 4.09. The fourth-order valence-electron chi connectivity index (χ4n) is 2.64.